The van der Waals surface area contributed by atoms with Crippen LogP contribution >= 0.6 is 0 Å². The molecular weight excluding hydrogens is 519 g/mol. The zero-order valence-corrected chi connectivity index (χ0v) is 19.7. The van der Waals surface area contributed by atoms with Gasteiger partial charge in [0.25, 0.3) is 17.7 Å². The van der Waals surface area contributed by atoms with Crippen molar-refractivity contribution in [2.24, 2.45) is 11.0 Å². The van der Waals surface area contributed by atoms with Gasteiger partial charge in [0, 0.05) is 23.0 Å². The van der Waals surface area contributed by atoms with E-state index in [2.05, 4.69) is 15.8 Å². The maximum Gasteiger partial charge on any atom is 0.416 e. The minimum Gasteiger partial charge on any atom is -0.322 e. The first-order chi connectivity index (χ1) is 18.5. The van der Waals surface area contributed by atoms with Crippen molar-refractivity contribution in [3.8, 4) is 0 Å². The van der Waals surface area contributed by atoms with Crippen LogP contribution in [0.2, 0.25) is 0 Å². The first-order valence-electron chi connectivity index (χ1n) is 11.2. The van der Waals surface area contributed by atoms with Crippen LogP contribution in [0.1, 0.15) is 26.3 Å². The first-order valence-corrected chi connectivity index (χ1v) is 11.2. The summed E-state index contributed by atoms with van der Waals surface area (Å²) in [6.07, 6.45) is -3.96. The van der Waals surface area contributed by atoms with E-state index in [1.165, 1.54) is 24.3 Å². The molecule has 0 saturated carbocycles. The highest BCUT2D eigenvalue weighted by molar-refractivity contribution is 6.32. The normalized spacial score (nSPS) is 15.7. The quantitative estimate of drug-likeness (QED) is 0.251. The standard InChI is InChI=1S/C26H18F3N5O5/c27-26(28,29)17-7-4-8-19(13-17)34-24(38)20(23(37)32-25(34)39)14-30-33-22(36)16-9-11-18(12-10-16)31-21(35)15-5-2-1-3-6-15/h1-14,20H,(H,31,35)(H,33,36)(H,32,37,39)/b30-14-/t20-/m0/s1. The molecule has 3 aromatic rings. The molecule has 0 aromatic heterocycles. The lowest BCUT2D eigenvalue weighted by atomic mass is 10.1. The summed E-state index contributed by atoms with van der Waals surface area (Å²) in [6, 6.07) is 16.5. The lowest BCUT2D eigenvalue weighted by molar-refractivity contribution is -0.138. The molecule has 0 radical (unpaired) electrons. The fraction of sp³-hybridized carbons (Fsp3) is 0.0769. The maximum atomic E-state index is 13.1. The third-order valence-electron chi connectivity index (χ3n) is 5.46. The Bertz CT molecular complexity index is 1470. The van der Waals surface area contributed by atoms with Crippen molar-refractivity contribution >= 4 is 47.2 Å². The summed E-state index contributed by atoms with van der Waals surface area (Å²) in [5, 5.41) is 8.15. The van der Waals surface area contributed by atoms with Crippen molar-refractivity contribution in [3.05, 3.63) is 95.6 Å². The molecule has 4 rings (SSSR count). The van der Waals surface area contributed by atoms with E-state index >= 15 is 0 Å². The number of barbiturate groups is 1. The number of halogens is 3. The van der Waals surface area contributed by atoms with Gasteiger partial charge < -0.3 is 5.32 Å². The zero-order valence-electron chi connectivity index (χ0n) is 19.7. The Balaban J connectivity index is 1.41. The molecule has 0 spiro atoms. The van der Waals surface area contributed by atoms with Gasteiger partial charge in [0.15, 0.2) is 5.92 Å². The molecule has 6 amide bonds. The summed E-state index contributed by atoms with van der Waals surface area (Å²) >= 11 is 0. The number of rotatable bonds is 6. The van der Waals surface area contributed by atoms with E-state index < -0.39 is 47.1 Å². The van der Waals surface area contributed by atoms with E-state index in [4.69, 9.17) is 0 Å². The molecule has 1 fully saturated rings. The molecule has 1 atom stereocenters. The van der Waals surface area contributed by atoms with Gasteiger partial charge in [-0.25, -0.2) is 15.1 Å². The topological polar surface area (TPSA) is 137 Å². The molecular formula is C26H18F3N5O5. The molecule has 1 heterocycles. The number of urea groups is 1. The monoisotopic (exact) mass is 537 g/mol. The Hall–Kier alpha value is -5.33. The summed E-state index contributed by atoms with van der Waals surface area (Å²) in [4.78, 5) is 62.2. The third-order valence-corrected chi connectivity index (χ3v) is 5.46. The Morgan fingerprint density at radius 2 is 1.54 bits per heavy atom. The average Bonchev–Trinajstić information content (AvgIpc) is 2.91. The van der Waals surface area contributed by atoms with Crippen LogP contribution in [0, 0.1) is 5.92 Å². The second-order valence-electron chi connectivity index (χ2n) is 8.11. The Kier molecular flexibility index (Phi) is 7.51. The molecule has 1 saturated heterocycles. The lowest BCUT2D eigenvalue weighted by Crippen LogP contribution is -2.58. The fourth-order valence-electron chi connectivity index (χ4n) is 3.52. The van der Waals surface area contributed by atoms with Crippen LogP contribution in [0.4, 0.5) is 29.3 Å². The number of hydrogen-bond acceptors (Lipinski definition) is 6. The number of imide groups is 2. The minimum absolute atomic E-state index is 0.130. The number of carbonyl (C=O) groups excluding carboxylic acids is 5. The molecule has 1 aliphatic rings. The molecule has 3 aromatic carbocycles. The largest absolute Gasteiger partial charge is 0.416 e. The Morgan fingerprint density at radius 1 is 0.872 bits per heavy atom. The molecule has 0 bridgehead atoms. The van der Waals surface area contributed by atoms with E-state index in [1.807, 2.05) is 5.32 Å². The van der Waals surface area contributed by atoms with Gasteiger partial charge in [-0.2, -0.15) is 18.3 Å². The van der Waals surface area contributed by atoms with E-state index in [1.54, 1.807) is 30.3 Å². The molecule has 3 N–H and O–H groups in total. The van der Waals surface area contributed by atoms with E-state index in [9.17, 15) is 37.1 Å². The number of hydrazone groups is 1. The lowest BCUT2D eigenvalue weighted by Gasteiger charge is -2.28. The van der Waals surface area contributed by atoms with Crippen molar-refractivity contribution in [2.75, 3.05) is 10.2 Å². The average molecular weight is 537 g/mol. The Morgan fingerprint density at radius 3 is 2.21 bits per heavy atom. The molecule has 0 unspecified atom stereocenters. The first kappa shape index (κ1) is 26.7. The predicted molar refractivity (Wildman–Crippen MR) is 133 cm³/mol. The summed E-state index contributed by atoms with van der Waals surface area (Å²) < 4.78 is 39.2. The zero-order chi connectivity index (χ0) is 28.2. The molecule has 10 nitrogen and oxygen atoms in total. The van der Waals surface area contributed by atoms with Crippen LogP contribution in [0.5, 0.6) is 0 Å². The van der Waals surface area contributed by atoms with Crippen LogP contribution in [-0.4, -0.2) is 35.9 Å². The summed E-state index contributed by atoms with van der Waals surface area (Å²) in [7, 11) is 0. The van der Waals surface area contributed by atoms with Crippen molar-refractivity contribution in [1.29, 1.82) is 0 Å². The van der Waals surface area contributed by atoms with Gasteiger partial charge in [-0.1, -0.05) is 24.3 Å². The van der Waals surface area contributed by atoms with Crippen molar-refractivity contribution < 1.29 is 37.1 Å². The highest BCUT2D eigenvalue weighted by Crippen LogP contribution is 2.32. The van der Waals surface area contributed by atoms with E-state index in [0.717, 1.165) is 24.4 Å². The minimum atomic E-state index is -4.72. The Labute approximate surface area is 218 Å². The second-order valence-corrected chi connectivity index (χ2v) is 8.11. The summed E-state index contributed by atoms with van der Waals surface area (Å²) in [6.45, 7) is 0. The maximum absolute atomic E-state index is 13.1. The number of carbonyl (C=O) groups is 5. The molecule has 39 heavy (non-hydrogen) atoms. The summed E-state index contributed by atoms with van der Waals surface area (Å²) in [5.74, 6) is -4.98. The highest BCUT2D eigenvalue weighted by Gasteiger charge is 2.41. The SMILES string of the molecule is O=C(N/N=C\[C@H]1C(=O)NC(=O)N(c2cccc(C(F)(F)F)c2)C1=O)c1ccc(NC(=O)c2ccccc2)cc1. The smallest absolute Gasteiger partial charge is 0.322 e. The van der Waals surface area contributed by atoms with Gasteiger partial charge >= 0.3 is 12.2 Å². The van der Waals surface area contributed by atoms with Gasteiger partial charge in [0.2, 0.25) is 5.91 Å². The van der Waals surface area contributed by atoms with E-state index in [-0.39, 0.29) is 11.5 Å². The molecule has 1 aliphatic heterocycles. The number of anilines is 2. The molecule has 198 valence electrons. The number of benzene rings is 3. The molecule has 13 heteroatoms. The second kappa shape index (κ2) is 11.0. The van der Waals surface area contributed by atoms with Crippen LogP contribution in [0.15, 0.2) is 84.0 Å². The van der Waals surface area contributed by atoms with Crippen molar-refractivity contribution in [2.45, 2.75) is 6.18 Å². The van der Waals surface area contributed by atoms with Gasteiger partial charge in [-0.15, -0.1) is 0 Å². The highest BCUT2D eigenvalue weighted by atomic mass is 19.4. The number of alkyl halides is 3. The van der Waals surface area contributed by atoms with Gasteiger partial charge in [-0.3, -0.25) is 24.5 Å². The van der Waals surface area contributed by atoms with Gasteiger partial charge in [0.05, 0.1) is 11.3 Å². The fourth-order valence-corrected chi connectivity index (χ4v) is 3.52. The van der Waals surface area contributed by atoms with Crippen LogP contribution in [-0.2, 0) is 15.8 Å². The predicted octanol–water partition coefficient (Wildman–Crippen LogP) is 3.57. The van der Waals surface area contributed by atoms with Crippen LogP contribution in [0.3, 0.4) is 0 Å². The van der Waals surface area contributed by atoms with Gasteiger partial charge in [-0.05, 0) is 54.6 Å². The number of amides is 6. The summed E-state index contributed by atoms with van der Waals surface area (Å²) in [5.41, 5.74) is 1.63. The van der Waals surface area contributed by atoms with Crippen molar-refractivity contribution in [1.82, 2.24) is 10.7 Å². The molecule has 0 aliphatic carbocycles. The van der Waals surface area contributed by atoms with E-state index in [0.29, 0.717) is 22.2 Å². The van der Waals surface area contributed by atoms with Crippen LogP contribution < -0.4 is 21.0 Å². The number of nitrogens with one attached hydrogen (secondary N) is 3. The van der Waals surface area contributed by atoms with Crippen LogP contribution in [0.25, 0.3) is 0 Å². The van der Waals surface area contributed by atoms with Crippen molar-refractivity contribution in [3.63, 3.8) is 0 Å². The van der Waals surface area contributed by atoms with Gasteiger partial charge in [0.1, 0.15) is 0 Å². The third kappa shape index (κ3) is 6.15. The number of nitrogens with zero attached hydrogens (tertiary/aromatic N) is 2. The number of hydrogen-bond donors (Lipinski definition) is 3.